The summed E-state index contributed by atoms with van der Waals surface area (Å²) in [5.41, 5.74) is 5.50. The van der Waals surface area contributed by atoms with Gasteiger partial charge in [-0.1, -0.05) is 97.1 Å². The summed E-state index contributed by atoms with van der Waals surface area (Å²) in [5, 5.41) is 22.3. The lowest BCUT2D eigenvalue weighted by Gasteiger charge is -2.24. The molecule has 0 spiro atoms. The molecule has 10 aromatic carbocycles. The van der Waals surface area contributed by atoms with Crippen LogP contribution in [-0.2, 0) is 0 Å². The Kier molecular flexibility index (Phi) is 2.79. The first-order chi connectivity index (χ1) is 18.9. The fourth-order valence-corrected chi connectivity index (χ4v) is 8.26. The maximum Gasteiger partial charge on any atom is -0.000114 e. The lowest BCUT2D eigenvalue weighted by molar-refractivity contribution is 1.70. The highest BCUT2D eigenvalue weighted by Gasteiger charge is 2.29. The van der Waals surface area contributed by atoms with Crippen molar-refractivity contribution in [1.82, 2.24) is 0 Å². The van der Waals surface area contributed by atoms with Crippen LogP contribution in [0.3, 0.4) is 0 Å². The van der Waals surface area contributed by atoms with Crippen LogP contribution in [0.25, 0.3) is 108 Å². The maximum absolute atomic E-state index is 2.51. The van der Waals surface area contributed by atoms with Gasteiger partial charge in [0.1, 0.15) is 0 Å². The highest BCUT2D eigenvalue weighted by Crippen LogP contribution is 2.58. The molecule has 0 bridgehead atoms. The van der Waals surface area contributed by atoms with Gasteiger partial charge >= 0.3 is 0 Å². The van der Waals surface area contributed by atoms with Gasteiger partial charge in [0, 0.05) is 0 Å². The Labute approximate surface area is 217 Å². The fraction of sp³-hybridized carbons (Fsp3) is 0. The van der Waals surface area contributed by atoms with E-state index in [4.69, 9.17) is 0 Å². The number of rotatable bonds is 0. The summed E-state index contributed by atoms with van der Waals surface area (Å²) >= 11 is 0. The Morgan fingerprint density at radius 1 is 0.237 bits per heavy atom. The van der Waals surface area contributed by atoms with Crippen molar-refractivity contribution in [2.24, 2.45) is 0 Å². The average Bonchev–Trinajstić information content (AvgIpc) is 3.30. The van der Waals surface area contributed by atoms with Crippen molar-refractivity contribution in [3.8, 4) is 22.3 Å². The normalized spacial score (nSPS) is 13.3. The molecule has 10 aromatic rings. The van der Waals surface area contributed by atoms with E-state index in [1.54, 1.807) is 0 Å². The molecule has 0 radical (unpaired) electrons. The largest absolute Gasteiger partial charge is 0.0616 e. The van der Waals surface area contributed by atoms with Gasteiger partial charge in [-0.05, 0) is 121 Å². The third-order valence-electron chi connectivity index (χ3n) is 9.61. The van der Waals surface area contributed by atoms with E-state index in [9.17, 15) is 0 Å². The first-order valence-electron chi connectivity index (χ1n) is 13.5. The van der Waals surface area contributed by atoms with E-state index < -0.39 is 0 Å². The van der Waals surface area contributed by atoms with Gasteiger partial charge in [0.25, 0.3) is 0 Å². The molecule has 170 valence electrons. The molecule has 0 fully saturated rings. The van der Waals surface area contributed by atoms with E-state index in [0.717, 1.165) is 0 Å². The quantitative estimate of drug-likeness (QED) is 0.151. The van der Waals surface area contributed by atoms with Crippen molar-refractivity contribution in [2.75, 3.05) is 0 Å². The number of fused-ring (bicyclic) bond motifs is 9. The first kappa shape index (κ1) is 18.3. The molecule has 0 unspecified atom stereocenters. The van der Waals surface area contributed by atoms with E-state index in [1.807, 2.05) is 0 Å². The minimum absolute atomic E-state index is 1.35. The molecule has 0 heteroatoms. The second-order valence-corrected chi connectivity index (χ2v) is 11.2. The van der Waals surface area contributed by atoms with Gasteiger partial charge in [-0.2, -0.15) is 0 Å². The summed E-state index contributed by atoms with van der Waals surface area (Å²) in [6.07, 6.45) is 0. The molecule has 0 atom stereocenters. The predicted molar refractivity (Wildman–Crippen MR) is 164 cm³/mol. The van der Waals surface area contributed by atoms with Crippen LogP contribution in [0, 0.1) is 0 Å². The fourth-order valence-electron chi connectivity index (χ4n) is 8.26. The Bertz CT molecular complexity index is 2650. The second kappa shape index (κ2) is 5.79. The maximum atomic E-state index is 2.51. The van der Waals surface area contributed by atoms with Gasteiger partial charge in [0.15, 0.2) is 0 Å². The summed E-state index contributed by atoms with van der Waals surface area (Å²) < 4.78 is 0. The van der Waals surface area contributed by atoms with Crippen molar-refractivity contribution in [3.05, 3.63) is 109 Å². The monoisotopic (exact) mass is 474 g/mol. The molecule has 0 aromatic heterocycles. The van der Waals surface area contributed by atoms with Crippen molar-refractivity contribution in [1.29, 1.82) is 0 Å². The Balaban J connectivity index is 1.63. The highest BCUT2D eigenvalue weighted by molar-refractivity contribution is 6.52. The molecule has 0 N–H and O–H groups in total. The van der Waals surface area contributed by atoms with E-state index in [1.165, 1.54) is 108 Å². The van der Waals surface area contributed by atoms with Gasteiger partial charge in [0.05, 0.1) is 0 Å². The molecule has 11 rings (SSSR count). The molecule has 0 amide bonds. The number of hydrogen-bond donors (Lipinski definition) is 0. The molecule has 0 saturated carbocycles. The standard InChI is InChI=1S/C38H18/c1-2-8-21-20(7-1)26-14-13-19-17-29-24-11-5-6-12-25(24)30-18-31-23-10-4-3-9-22(23)28-16-15-27(21)35-34(26)32(19)38(33(29)30)37(31)36(28)35/h1-18H. The number of hydrogen-bond acceptors (Lipinski definition) is 0. The Hall–Kier alpha value is -4.94. The van der Waals surface area contributed by atoms with Crippen LogP contribution in [0.5, 0.6) is 0 Å². The predicted octanol–water partition coefficient (Wildman–Crippen LogP) is 10.9. The van der Waals surface area contributed by atoms with Crippen molar-refractivity contribution in [3.63, 3.8) is 0 Å². The molecule has 1 aliphatic rings. The topological polar surface area (TPSA) is 0 Å². The summed E-state index contributed by atoms with van der Waals surface area (Å²) in [6.45, 7) is 0. The van der Waals surface area contributed by atoms with E-state index >= 15 is 0 Å². The zero-order valence-electron chi connectivity index (χ0n) is 20.4. The van der Waals surface area contributed by atoms with Crippen LogP contribution in [0.4, 0.5) is 0 Å². The first-order valence-corrected chi connectivity index (χ1v) is 13.5. The Morgan fingerprint density at radius 3 is 1.29 bits per heavy atom. The lowest BCUT2D eigenvalue weighted by atomic mass is 9.78. The van der Waals surface area contributed by atoms with Crippen molar-refractivity contribution < 1.29 is 0 Å². The average molecular weight is 475 g/mol. The van der Waals surface area contributed by atoms with E-state index in [-0.39, 0.29) is 0 Å². The van der Waals surface area contributed by atoms with Crippen LogP contribution in [0.1, 0.15) is 0 Å². The Morgan fingerprint density at radius 2 is 0.684 bits per heavy atom. The van der Waals surface area contributed by atoms with E-state index in [2.05, 4.69) is 109 Å². The highest BCUT2D eigenvalue weighted by atomic mass is 14.3. The molecule has 0 heterocycles. The molecule has 0 aliphatic heterocycles. The van der Waals surface area contributed by atoms with Crippen LogP contribution in [0.15, 0.2) is 109 Å². The van der Waals surface area contributed by atoms with Crippen LogP contribution < -0.4 is 0 Å². The van der Waals surface area contributed by atoms with Crippen molar-refractivity contribution in [2.45, 2.75) is 0 Å². The minimum atomic E-state index is 1.35. The van der Waals surface area contributed by atoms with Crippen molar-refractivity contribution >= 4 is 86.2 Å². The van der Waals surface area contributed by atoms with Crippen LogP contribution in [0.2, 0.25) is 0 Å². The third-order valence-corrected chi connectivity index (χ3v) is 9.61. The van der Waals surface area contributed by atoms with E-state index in [0.29, 0.717) is 0 Å². The summed E-state index contributed by atoms with van der Waals surface area (Å²) in [5.74, 6) is 0. The zero-order chi connectivity index (χ0) is 24.3. The molecular weight excluding hydrogens is 456 g/mol. The molecular formula is C38H18. The van der Waals surface area contributed by atoms with Crippen LogP contribution >= 0.6 is 0 Å². The summed E-state index contributed by atoms with van der Waals surface area (Å²) in [4.78, 5) is 0. The third kappa shape index (κ3) is 1.77. The van der Waals surface area contributed by atoms with Gasteiger partial charge in [0.2, 0.25) is 0 Å². The molecule has 0 nitrogen and oxygen atoms in total. The minimum Gasteiger partial charge on any atom is -0.0616 e. The molecule has 1 aliphatic carbocycles. The van der Waals surface area contributed by atoms with Gasteiger partial charge in [-0.25, -0.2) is 0 Å². The van der Waals surface area contributed by atoms with Crippen LogP contribution in [-0.4, -0.2) is 0 Å². The number of benzene rings is 10. The SMILES string of the molecule is c1ccc2c(c1)-c1cc3ccc4c5ccccc5c5ccc6c7ccccc7c7cc-2c1c1c3c4c5c6c71. The lowest BCUT2D eigenvalue weighted by Crippen LogP contribution is -1.95. The summed E-state index contributed by atoms with van der Waals surface area (Å²) in [6, 6.07) is 41.5. The smallest absolute Gasteiger partial charge is 0.000114 e. The molecule has 0 saturated heterocycles. The zero-order valence-corrected chi connectivity index (χ0v) is 20.4. The van der Waals surface area contributed by atoms with Gasteiger partial charge in [-0.15, -0.1) is 0 Å². The summed E-state index contributed by atoms with van der Waals surface area (Å²) in [7, 11) is 0. The van der Waals surface area contributed by atoms with Gasteiger partial charge < -0.3 is 0 Å². The second-order valence-electron chi connectivity index (χ2n) is 11.2. The van der Waals surface area contributed by atoms with Gasteiger partial charge in [-0.3, -0.25) is 0 Å². The molecule has 38 heavy (non-hydrogen) atoms.